The minimum Gasteiger partial charge on any atom is -0.497 e. The van der Waals surface area contributed by atoms with Gasteiger partial charge in [0.15, 0.2) is 9.84 Å². The maximum Gasteiger partial charge on any atom is 0.271 e. The molecule has 6 nitrogen and oxygen atoms in total. The van der Waals surface area contributed by atoms with Crippen molar-refractivity contribution in [3.63, 3.8) is 0 Å². The van der Waals surface area contributed by atoms with Gasteiger partial charge in [0.2, 0.25) is 0 Å². The molecule has 0 aliphatic carbocycles. The number of aromatic nitrogens is 1. The van der Waals surface area contributed by atoms with Crippen LogP contribution in [0.4, 0.5) is 0 Å². The van der Waals surface area contributed by atoms with Crippen molar-refractivity contribution < 1.29 is 17.9 Å². The topological polar surface area (TPSA) is 68.6 Å². The number of carbonyl (C=O) groups is 1. The molecule has 2 heterocycles. The lowest BCUT2D eigenvalue weighted by atomic mass is 10.2. The zero-order chi connectivity index (χ0) is 18.2. The summed E-state index contributed by atoms with van der Waals surface area (Å²) in [5.74, 6) is 0.687. The highest BCUT2D eigenvalue weighted by molar-refractivity contribution is 7.91. The number of hydrogen-bond acceptors (Lipinski definition) is 4. The van der Waals surface area contributed by atoms with Gasteiger partial charge in [-0.3, -0.25) is 4.79 Å². The third-order valence-corrected chi connectivity index (χ3v) is 6.46. The molecule has 0 N–H and O–H groups in total. The van der Waals surface area contributed by atoms with Gasteiger partial charge in [-0.25, -0.2) is 8.42 Å². The van der Waals surface area contributed by atoms with Crippen LogP contribution in [0.5, 0.6) is 5.75 Å². The summed E-state index contributed by atoms with van der Waals surface area (Å²) in [4.78, 5) is 14.7. The lowest BCUT2D eigenvalue weighted by Gasteiger charge is -2.27. The number of hydrogen-bond donors (Lipinski definition) is 0. The molecule has 134 valence electrons. The van der Waals surface area contributed by atoms with Crippen molar-refractivity contribution >= 4 is 26.6 Å². The lowest BCUT2D eigenvalue weighted by molar-refractivity contribution is 0.0711. The van der Waals surface area contributed by atoms with E-state index >= 15 is 0 Å². The normalized spacial score (nSPS) is 19.0. The Bertz CT molecular complexity index is 930. The van der Waals surface area contributed by atoms with E-state index < -0.39 is 9.84 Å². The van der Waals surface area contributed by atoms with Crippen LogP contribution in [-0.4, -0.2) is 55.0 Å². The molecule has 7 heteroatoms. The number of ether oxygens (including phenoxy) is 1. The Labute approximate surface area is 147 Å². The largest absolute Gasteiger partial charge is 0.497 e. The molecule has 0 bridgehead atoms. The van der Waals surface area contributed by atoms with Crippen molar-refractivity contribution in [2.45, 2.75) is 12.5 Å². The minimum atomic E-state index is -3.07. The fourth-order valence-corrected chi connectivity index (χ4v) is 5.08. The first-order valence-corrected chi connectivity index (χ1v) is 9.94. The van der Waals surface area contributed by atoms with Gasteiger partial charge in [-0.2, -0.15) is 0 Å². The number of amides is 1. The molecule has 1 aliphatic heterocycles. The zero-order valence-corrected chi connectivity index (χ0v) is 15.3. The molecule has 2 aromatic rings. The van der Waals surface area contributed by atoms with Crippen LogP contribution in [0.3, 0.4) is 0 Å². The molecule has 0 spiro atoms. The van der Waals surface area contributed by atoms with E-state index in [0.717, 1.165) is 16.7 Å². The monoisotopic (exact) mass is 362 g/mol. The number of carbonyl (C=O) groups excluding carboxylic acids is 1. The van der Waals surface area contributed by atoms with Crippen LogP contribution in [0, 0.1) is 0 Å². The van der Waals surface area contributed by atoms with Crippen molar-refractivity contribution in [2.75, 3.05) is 25.2 Å². The average Bonchev–Trinajstić information content (AvgIpc) is 3.11. The van der Waals surface area contributed by atoms with Crippen molar-refractivity contribution in [3.8, 4) is 5.75 Å². The van der Waals surface area contributed by atoms with E-state index in [4.69, 9.17) is 4.74 Å². The fraction of sp³-hybridized carbons (Fsp3) is 0.389. The molecule has 1 unspecified atom stereocenters. The first-order valence-electron chi connectivity index (χ1n) is 8.12. The Morgan fingerprint density at radius 2 is 2.20 bits per heavy atom. The van der Waals surface area contributed by atoms with Crippen LogP contribution in [-0.2, 0) is 16.9 Å². The molecule has 1 fully saturated rings. The van der Waals surface area contributed by atoms with Gasteiger partial charge in [0.1, 0.15) is 11.4 Å². The number of fused-ring (bicyclic) bond motifs is 1. The van der Waals surface area contributed by atoms with Crippen molar-refractivity contribution in [3.05, 3.63) is 42.6 Å². The Morgan fingerprint density at radius 3 is 2.80 bits per heavy atom. The summed E-state index contributed by atoms with van der Waals surface area (Å²) in [6.07, 6.45) is 2.11. The van der Waals surface area contributed by atoms with E-state index in [1.807, 2.05) is 35.9 Å². The molecule has 1 aliphatic rings. The van der Waals surface area contributed by atoms with Crippen LogP contribution in [0.15, 0.2) is 36.9 Å². The average molecular weight is 362 g/mol. The van der Waals surface area contributed by atoms with Crippen molar-refractivity contribution in [1.29, 1.82) is 0 Å². The Morgan fingerprint density at radius 1 is 1.44 bits per heavy atom. The van der Waals surface area contributed by atoms with Crippen LogP contribution in [0.2, 0.25) is 0 Å². The Kier molecular flexibility index (Phi) is 4.60. The van der Waals surface area contributed by atoms with Crippen LogP contribution >= 0.6 is 0 Å². The lowest BCUT2D eigenvalue weighted by Crippen LogP contribution is -2.41. The summed E-state index contributed by atoms with van der Waals surface area (Å²) < 4.78 is 30.7. The molecule has 1 saturated heterocycles. The summed E-state index contributed by atoms with van der Waals surface area (Å²) in [7, 11) is 0.356. The highest BCUT2D eigenvalue weighted by Crippen LogP contribution is 2.26. The quantitative estimate of drug-likeness (QED) is 0.763. The summed E-state index contributed by atoms with van der Waals surface area (Å²) >= 11 is 0. The molecule has 0 radical (unpaired) electrons. The number of methoxy groups -OCH3 is 1. The predicted octanol–water partition coefficient (Wildman–Crippen LogP) is 2.00. The maximum absolute atomic E-state index is 13.1. The number of nitrogens with zero attached hydrogens (tertiary/aromatic N) is 2. The van der Waals surface area contributed by atoms with E-state index in [0.29, 0.717) is 18.7 Å². The first kappa shape index (κ1) is 17.5. The second-order valence-electron chi connectivity index (χ2n) is 6.32. The van der Waals surface area contributed by atoms with E-state index in [2.05, 4.69) is 6.58 Å². The third-order valence-electron chi connectivity index (χ3n) is 4.71. The van der Waals surface area contributed by atoms with E-state index in [-0.39, 0.29) is 23.5 Å². The SMILES string of the molecule is C=CCN(C(=O)c1cc2ccc(OC)cc2n1C)C1CCS(=O)(=O)C1. The molecule has 25 heavy (non-hydrogen) atoms. The van der Waals surface area contributed by atoms with Crippen molar-refractivity contribution in [2.24, 2.45) is 7.05 Å². The van der Waals surface area contributed by atoms with Crippen molar-refractivity contribution in [1.82, 2.24) is 9.47 Å². The van der Waals surface area contributed by atoms with Gasteiger partial charge in [0.25, 0.3) is 5.91 Å². The highest BCUT2D eigenvalue weighted by Gasteiger charge is 2.35. The number of aryl methyl sites for hydroxylation is 1. The summed E-state index contributed by atoms with van der Waals surface area (Å²) in [6, 6.07) is 7.16. The number of rotatable bonds is 5. The molecule has 1 amide bonds. The van der Waals surface area contributed by atoms with Gasteiger partial charge in [-0.1, -0.05) is 6.08 Å². The molecule has 0 saturated carbocycles. The van der Waals surface area contributed by atoms with Crippen LogP contribution in [0.25, 0.3) is 10.9 Å². The fourth-order valence-electron chi connectivity index (χ4n) is 3.35. The van der Waals surface area contributed by atoms with Gasteiger partial charge >= 0.3 is 0 Å². The Hall–Kier alpha value is -2.28. The predicted molar refractivity (Wildman–Crippen MR) is 97.8 cm³/mol. The van der Waals surface area contributed by atoms with E-state index in [1.54, 1.807) is 18.1 Å². The summed E-state index contributed by atoms with van der Waals surface area (Å²) in [5, 5.41) is 0.934. The minimum absolute atomic E-state index is 0.0182. The molecular formula is C18H22N2O4S. The Balaban J connectivity index is 1.98. The van der Waals surface area contributed by atoms with Gasteiger partial charge in [-0.15, -0.1) is 6.58 Å². The van der Waals surface area contributed by atoms with E-state index in [1.165, 1.54) is 0 Å². The van der Waals surface area contributed by atoms with Crippen LogP contribution in [0.1, 0.15) is 16.9 Å². The van der Waals surface area contributed by atoms with Gasteiger partial charge in [0.05, 0.1) is 24.1 Å². The van der Waals surface area contributed by atoms with Gasteiger partial charge in [0, 0.05) is 31.1 Å². The summed E-state index contributed by atoms with van der Waals surface area (Å²) in [5.41, 5.74) is 1.41. The molecule has 3 rings (SSSR count). The second-order valence-corrected chi connectivity index (χ2v) is 8.55. The molecule has 1 atom stereocenters. The van der Waals surface area contributed by atoms with Gasteiger partial charge < -0.3 is 14.2 Å². The highest BCUT2D eigenvalue weighted by atomic mass is 32.2. The van der Waals surface area contributed by atoms with Crippen LogP contribution < -0.4 is 4.74 Å². The number of sulfone groups is 1. The van der Waals surface area contributed by atoms with Gasteiger partial charge in [-0.05, 0) is 24.6 Å². The standard InChI is InChI=1S/C18H22N2O4S/c1-4-8-20(14-7-9-25(22,23)12-14)18(21)17-10-13-5-6-15(24-3)11-16(13)19(17)2/h4-6,10-11,14H,1,7-9,12H2,2-3H3. The second kappa shape index (κ2) is 6.55. The van der Waals surface area contributed by atoms with E-state index in [9.17, 15) is 13.2 Å². The molecular weight excluding hydrogens is 340 g/mol. The molecule has 1 aromatic heterocycles. The third kappa shape index (κ3) is 3.28. The summed E-state index contributed by atoms with van der Waals surface area (Å²) in [6.45, 7) is 4.03. The molecule has 1 aromatic carbocycles. The number of benzene rings is 1. The zero-order valence-electron chi connectivity index (χ0n) is 14.4. The first-order chi connectivity index (χ1) is 11.9. The smallest absolute Gasteiger partial charge is 0.271 e. The maximum atomic E-state index is 13.1.